The van der Waals surface area contributed by atoms with Crippen LogP contribution in [0.4, 0.5) is 0 Å². The van der Waals surface area contributed by atoms with Crippen molar-refractivity contribution >= 4 is 11.6 Å². The van der Waals surface area contributed by atoms with Gasteiger partial charge in [0.1, 0.15) is 6.79 Å². The SMILES string of the molecule is ClC1COCO1. The zero-order chi connectivity index (χ0) is 4.41. The quantitative estimate of drug-likeness (QED) is 0.422. The normalized spacial score (nSPS) is 34.5. The van der Waals surface area contributed by atoms with Gasteiger partial charge in [-0.15, -0.1) is 0 Å². The molecule has 0 saturated carbocycles. The van der Waals surface area contributed by atoms with Gasteiger partial charge in [0, 0.05) is 0 Å². The van der Waals surface area contributed by atoms with E-state index in [9.17, 15) is 0 Å². The fourth-order valence-electron chi connectivity index (χ4n) is 0.311. The summed E-state index contributed by atoms with van der Waals surface area (Å²) in [5, 5.41) is 0. The van der Waals surface area contributed by atoms with E-state index in [0.29, 0.717) is 13.4 Å². The summed E-state index contributed by atoms with van der Waals surface area (Å²) in [5.41, 5.74) is -0.204. The Kier molecular flexibility index (Phi) is 1.29. The molecule has 2 nitrogen and oxygen atoms in total. The van der Waals surface area contributed by atoms with Gasteiger partial charge in [0.05, 0.1) is 6.61 Å². The minimum absolute atomic E-state index is 0.204. The molecule has 36 valence electrons. The molecule has 1 aliphatic heterocycles. The Hall–Kier alpha value is 0.210. The summed E-state index contributed by atoms with van der Waals surface area (Å²) in [5.74, 6) is 0. The lowest BCUT2D eigenvalue weighted by Crippen LogP contribution is -1.95. The largest absolute Gasteiger partial charge is 0.351 e. The molecule has 1 fully saturated rings. The molecule has 0 aromatic heterocycles. The maximum absolute atomic E-state index is 5.36. The summed E-state index contributed by atoms with van der Waals surface area (Å²) in [4.78, 5) is 0. The number of halogens is 1. The van der Waals surface area contributed by atoms with Gasteiger partial charge >= 0.3 is 0 Å². The zero-order valence-electron chi connectivity index (χ0n) is 3.19. The minimum atomic E-state index is -0.204. The van der Waals surface area contributed by atoms with Crippen LogP contribution in [-0.2, 0) is 9.47 Å². The van der Waals surface area contributed by atoms with Gasteiger partial charge in [0.15, 0.2) is 5.56 Å². The number of ether oxygens (including phenoxy) is 2. The van der Waals surface area contributed by atoms with Crippen molar-refractivity contribution in [2.24, 2.45) is 0 Å². The van der Waals surface area contributed by atoms with Crippen molar-refractivity contribution in [2.45, 2.75) is 5.56 Å². The van der Waals surface area contributed by atoms with Gasteiger partial charge in [-0.25, -0.2) is 0 Å². The van der Waals surface area contributed by atoms with E-state index in [1.54, 1.807) is 0 Å². The van der Waals surface area contributed by atoms with Crippen LogP contribution in [0.15, 0.2) is 0 Å². The number of hydrogen-bond acceptors (Lipinski definition) is 2. The van der Waals surface area contributed by atoms with Crippen molar-refractivity contribution in [2.75, 3.05) is 13.4 Å². The average Bonchev–Trinajstić information content (AvgIpc) is 1.86. The van der Waals surface area contributed by atoms with Gasteiger partial charge in [-0.05, 0) is 0 Å². The first kappa shape index (κ1) is 4.37. The maximum atomic E-state index is 5.36. The van der Waals surface area contributed by atoms with Crippen LogP contribution in [0, 0.1) is 0 Å². The van der Waals surface area contributed by atoms with Crippen molar-refractivity contribution in [3.63, 3.8) is 0 Å². The van der Waals surface area contributed by atoms with Crippen LogP contribution in [-0.4, -0.2) is 19.0 Å². The Bertz CT molecular complexity index is 42.1. The minimum Gasteiger partial charge on any atom is -0.351 e. The molecule has 1 saturated heterocycles. The van der Waals surface area contributed by atoms with Gasteiger partial charge in [-0.3, -0.25) is 0 Å². The van der Waals surface area contributed by atoms with Gasteiger partial charge in [0.2, 0.25) is 0 Å². The highest BCUT2D eigenvalue weighted by Gasteiger charge is 2.10. The van der Waals surface area contributed by atoms with Crippen molar-refractivity contribution in [3.8, 4) is 0 Å². The third kappa shape index (κ3) is 0.834. The van der Waals surface area contributed by atoms with Crippen molar-refractivity contribution in [1.29, 1.82) is 0 Å². The fraction of sp³-hybridized carbons (Fsp3) is 1.00. The second-order valence-electron chi connectivity index (χ2n) is 1.07. The van der Waals surface area contributed by atoms with E-state index in [-0.39, 0.29) is 5.56 Å². The van der Waals surface area contributed by atoms with E-state index in [2.05, 4.69) is 0 Å². The topological polar surface area (TPSA) is 18.5 Å². The summed E-state index contributed by atoms with van der Waals surface area (Å²) in [6.45, 7) is 0.885. The molecule has 0 aliphatic carbocycles. The second-order valence-corrected chi connectivity index (χ2v) is 1.55. The van der Waals surface area contributed by atoms with Crippen LogP contribution in [0.3, 0.4) is 0 Å². The Labute approximate surface area is 41.0 Å². The van der Waals surface area contributed by atoms with Gasteiger partial charge < -0.3 is 9.47 Å². The number of rotatable bonds is 0. The average molecular weight is 109 g/mol. The Morgan fingerprint density at radius 2 is 2.50 bits per heavy atom. The van der Waals surface area contributed by atoms with E-state index in [1.165, 1.54) is 0 Å². The molecule has 0 aromatic carbocycles. The monoisotopic (exact) mass is 108 g/mol. The maximum Gasteiger partial charge on any atom is 0.157 e. The molecule has 1 unspecified atom stereocenters. The fourth-order valence-corrected chi connectivity index (χ4v) is 0.451. The van der Waals surface area contributed by atoms with E-state index >= 15 is 0 Å². The van der Waals surface area contributed by atoms with Crippen LogP contribution in [0.5, 0.6) is 0 Å². The first-order valence-electron chi connectivity index (χ1n) is 1.73. The summed E-state index contributed by atoms with van der Waals surface area (Å²) in [7, 11) is 0. The molecule has 6 heavy (non-hydrogen) atoms. The van der Waals surface area contributed by atoms with Gasteiger partial charge in [-0.1, -0.05) is 11.6 Å². The van der Waals surface area contributed by atoms with Crippen molar-refractivity contribution in [3.05, 3.63) is 0 Å². The third-order valence-corrected chi connectivity index (χ3v) is 0.833. The van der Waals surface area contributed by atoms with Crippen LogP contribution in [0.2, 0.25) is 0 Å². The van der Waals surface area contributed by atoms with Crippen LogP contribution in [0.1, 0.15) is 0 Å². The molecular weight excluding hydrogens is 103 g/mol. The zero-order valence-corrected chi connectivity index (χ0v) is 3.94. The van der Waals surface area contributed by atoms with Crippen molar-refractivity contribution in [1.82, 2.24) is 0 Å². The molecule has 0 N–H and O–H groups in total. The molecular formula is C3H5ClO2. The predicted molar refractivity (Wildman–Crippen MR) is 21.5 cm³/mol. The third-order valence-electron chi connectivity index (χ3n) is 0.581. The second kappa shape index (κ2) is 1.78. The molecule has 1 atom stereocenters. The predicted octanol–water partition coefficient (Wildman–Crippen LogP) is 0.556. The van der Waals surface area contributed by atoms with Crippen LogP contribution >= 0.6 is 11.6 Å². The molecule has 0 radical (unpaired) electrons. The molecule has 0 spiro atoms. The lowest BCUT2D eigenvalue weighted by atomic mass is 10.8. The Morgan fingerprint density at radius 1 is 1.67 bits per heavy atom. The number of alkyl halides is 1. The lowest BCUT2D eigenvalue weighted by Gasteiger charge is -1.87. The van der Waals surface area contributed by atoms with E-state index < -0.39 is 0 Å². The summed E-state index contributed by atoms with van der Waals surface area (Å²) < 4.78 is 9.40. The Morgan fingerprint density at radius 3 is 2.67 bits per heavy atom. The molecule has 1 rings (SSSR count). The molecule has 0 bridgehead atoms. The highest BCUT2D eigenvalue weighted by atomic mass is 35.5. The summed E-state index contributed by atoms with van der Waals surface area (Å²) >= 11 is 5.36. The lowest BCUT2D eigenvalue weighted by molar-refractivity contribution is 0.0629. The van der Waals surface area contributed by atoms with E-state index in [1.807, 2.05) is 0 Å². The molecule has 1 heterocycles. The van der Waals surface area contributed by atoms with Crippen LogP contribution in [0.25, 0.3) is 0 Å². The molecule has 1 aliphatic rings. The van der Waals surface area contributed by atoms with E-state index in [4.69, 9.17) is 21.1 Å². The highest BCUT2D eigenvalue weighted by molar-refractivity contribution is 6.19. The summed E-state index contributed by atoms with van der Waals surface area (Å²) in [6.07, 6.45) is 0. The summed E-state index contributed by atoms with van der Waals surface area (Å²) in [6, 6.07) is 0. The molecule has 3 heteroatoms. The standard InChI is InChI=1S/C3H5ClO2/c4-3-1-5-2-6-3/h3H,1-2H2. The van der Waals surface area contributed by atoms with Gasteiger partial charge in [0.25, 0.3) is 0 Å². The van der Waals surface area contributed by atoms with E-state index in [0.717, 1.165) is 0 Å². The highest BCUT2D eigenvalue weighted by Crippen LogP contribution is 2.04. The van der Waals surface area contributed by atoms with Crippen molar-refractivity contribution < 1.29 is 9.47 Å². The van der Waals surface area contributed by atoms with Gasteiger partial charge in [-0.2, -0.15) is 0 Å². The smallest absolute Gasteiger partial charge is 0.157 e. The first-order chi connectivity index (χ1) is 2.89. The Balaban J connectivity index is 2.18. The number of hydrogen-bond donors (Lipinski definition) is 0. The molecule has 0 amide bonds. The first-order valence-corrected chi connectivity index (χ1v) is 2.16. The molecule has 0 aromatic rings. The van der Waals surface area contributed by atoms with Crippen LogP contribution < -0.4 is 0 Å².